The summed E-state index contributed by atoms with van der Waals surface area (Å²) in [4.78, 5) is 6.34. The number of nitrogens with two attached hydrogens (primary N) is 1. The van der Waals surface area contributed by atoms with E-state index in [1.54, 1.807) is 0 Å². The van der Waals surface area contributed by atoms with Gasteiger partial charge in [-0.25, -0.2) is 20.2 Å². The number of benzene rings is 1. The van der Waals surface area contributed by atoms with Crippen LogP contribution < -0.4 is 11.3 Å². The average molecular weight is 246 g/mol. The second-order valence-corrected chi connectivity index (χ2v) is 3.17. The molecule has 3 N–H and O–H groups in total. The van der Waals surface area contributed by atoms with E-state index in [4.69, 9.17) is 5.84 Å². The molecule has 0 saturated heterocycles. The standard InChI is InChI=1S/C9H6F4N4/c10-5-3-1-2-4-6(5)15-8(9(11,12)13)16-7(4)17-14/h1-3H,14H2,(H,15,16,17). The highest BCUT2D eigenvalue weighted by Gasteiger charge is 2.35. The molecular formula is C9H6F4N4. The van der Waals surface area contributed by atoms with E-state index in [2.05, 4.69) is 9.97 Å². The number of alkyl halides is 3. The number of anilines is 1. The molecule has 1 aromatic carbocycles. The van der Waals surface area contributed by atoms with Crippen LogP contribution in [-0.2, 0) is 6.18 Å². The summed E-state index contributed by atoms with van der Waals surface area (Å²) in [6, 6.07) is 3.71. The number of hydrogen-bond acceptors (Lipinski definition) is 4. The van der Waals surface area contributed by atoms with Gasteiger partial charge in [-0.1, -0.05) is 6.07 Å². The molecule has 1 heterocycles. The summed E-state index contributed by atoms with van der Waals surface area (Å²) in [6.45, 7) is 0. The fraction of sp³-hybridized carbons (Fsp3) is 0.111. The summed E-state index contributed by atoms with van der Waals surface area (Å²) >= 11 is 0. The Balaban J connectivity index is 2.81. The van der Waals surface area contributed by atoms with E-state index in [0.717, 1.165) is 6.07 Å². The molecule has 1 aromatic heterocycles. The first-order chi connectivity index (χ1) is 7.93. The summed E-state index contributed by atoms with van der Waals surface area (Å²) < 4.78 is 50.7. The normalized spacial score (nSPS) is 11.8. The Morgan fingerprint density at radius 2 is 1.88 bits per heavy atom. The minimum atomic E-state index is -4.76. The Bertz CT molecular complexity index is 567. The maximum atomic E-state index is 13.3. The zero-order valence-electron chi connectivity index (χ0n) is 8.22. The van der Waals surface area contributed by atoms with Crippen LogP contribution in [0.25, 0.3) is 10.9 Å². The number of para-hydroxylation sites is 1. The summed E-state index contributed by atoms with van der Waals surface area (Å²) in [5, 5.41) is 0.0838. The number of nitrogen functional groups attached to an aromatic ring is 1. The van der Waals surface area contributed by atoms with E-state index in [1.807, 2.05) is 5.43 Å². The summed E-state index contributed by atoms with van der Waals surface area (Å²) in [5.74, 6) is 2.46. The molecule has 17 heavy (non-hydrogen) atoms. The van der Waals surface area contributed by atoms with E-state index in [0.29, 0.717) is 0 Å². The Morgan fingerprint density at radius 1 is 1.18 bits per heavy atom. The van der Waals surface area contributed by atoms with E-state index in [-0.39, 0.29) is 11.2 Å². The highest BCUT2D eigenvalue weighted by atomic mass is 19.4. The van der Waals surface area contributed by atoms with Crippen molar-refractivity contribution in [1.82, 2.24) is 9.97 Å². The second-order valence-electron chi connectivity index (χ2n) is 3.17. The number of aromatic nitrogens is 2. The van der Waals surface area contributed by atoms with Crippen molar-refractivity contribution in [3.05, 3.63) is 29.8 Å². The zero-order chi connectivity index (χ0) is 12.6. The molecule has 0 atom stereocenters. The number of rotatable bonds is 1. The number of nitrogens with one attached hydrogen (secondary N) is 1. The Morgan fingerprint density at radius 3 is 2.47 bits per heavy atom. The molecule has 0 unspecified atom stereocenters. The number of hydrazine groups is 1. The molecule has 0 aliphatic heterocycles. The van der Waals surface area contributed by atoms with Gasteiger partial charge < -0.3 is 5.43 Å². The number of halogens is 4. The van der Waals surface area contributed by atoms with Crippen LogP contribution in [0, 0.1) is 5.82 Å². The van der Waals surface area contributed by atoms with Gasteiger partial charge in [0.15, 0.2) is 5.82 Å². The molecule has 0 fully saturated rings. The molecule has 0 spiro atoms. The fourth-order valence-electron chi connectivity index (χ4n) is 1.35. The van der Waals surface area contributed by atoms with E-state index in [1.165, 1.54) is 12.1 Å². The molecule has 0 radical (unpaired) electrons. The van der Waals surface area contributed by atoms with Gasteiger partial charge in [-0.3, -0.25) is 0 Å². The molecular weight excluding hydrogens is 240 g/mol. The van der Waals surface area contributed by atoms with Gasteiger partial charge in [0.1, 0.15) is 11.3 Å². The van der Waals surface area contributed by atoms with Crippen molar-refractivity contribution in [2.24, 2.45) is 5.84 Å². The molecule has 4 nitrogen and oxygen atoms in total. The van der Waals surface area contributed by atoms with Crippen molar-refractivity contribution < 1.29 is 17.6 Å². The third-order valence-electron chi connectivity index (χ3n) is 2.07. The minimum absolute atomic E-state index is 0.0838. The van der Waals surface area contributed by atoms with E-state index < -0.39 is 23.3 Å². The largest absolute Gasteiger partial charge is 0.451 e. The van der Waals surface area contributed by atoms with Crippen LogP contribution >= 0.6 is 0 Å². The highest BCUT2D eigenvalue weighted by molar-refractivity contribution is 5.89. The van der Waals surface area contributed by atoms with Gasteiger partial charge >= 0.3 is 6.18 Å². The Labute approximate surface area is 92.4 Å². The quantitative estimate of drug-likeness (QED) is 0.459. The Kier molecular flexibility index (Phi) is 2.58. The topological polar surface area (TPSA) is 63.8 Å². The third-order valence-corrected chi connectivity index (χ3v) is 2.07. The van der Waals surface area contributed by atoms with Crippen molar-refractivity contribution in [3.8, 4) is 0 Å². The lowest BCUT2D eigenvalue weighted by Gasteiger charge is -2.10. The van der Waals surface area contributed by atoms with E-state index >= 15 is 0 Å². The lowest BCUT2D eigenvalue weighted by atomic mass is 10.2. The van der Waals surface area contributed by atoms with Gasteiger partial charge in [0.05, 0.1) is 0 Å². The first kappa shape index (κ1) is 11.5. The molecule has 0 bridgehead atoms. The van der Waals surface area contributed by atoms with Crippen LogP contribution in [-0.4, -0.2) is 9.97 Å². The van der Waals surface area contributed by atoms with Crippen molar-refractivity contribution >= 4 is 16.7 Å². The molecule has 90 valence electrons. The summed E-state index contributed by atoms with van der Waals surface area (Å²) in [5.41, 5.74) is 1.56. The number of nitrogens with zero attached hydrogens (tertiary/aromatic N) is 2. The smallest absolute Gasteiger partial charge is 0.308 e. The summed E-state index contributed by atoms with van der Waals surface area (Å²) in [6.07, 6.45) is -4.76. The SMILES string of the molecule is NNc1nc(C(F)(F)F)nc2c(F)cccc12. The maximum Gasteiger partial charge on any atom is 0.451 e. The maximum absolute atomic E-state index is 13.3. The highest BCUT2D eigenvalue weighted by Crippen LogP contribution is 2.30. The van der Waals surface area contributed by atoms with Gasteiger partial charge in [-0.15, -0.1) is 0 Å². The van der Waals surface area contributed by atoms with Gasteiger partial charge in [-0.05, 0) is 12.1 Å². The molecule has 0 aliphatic rings. The van der Waals surface area contributed by atoms with Crippen LogP contribution in [0.3, 0.4) is 0 Å². The van der Waals surface area contributed by atoms with Crippen LogP contribution in [0.2, 0.25) is 0 Å². The lowest BCUT2D eigenvalue weighted by molar-refractivity contribution is -0.144. The second kappa shape index (κ2) is 3.81. The van der Waals surface area contributed by atoms with Crippen LogP contribution in [0.15, 0.2) is 18.2 Å². The zero-order valence-corrected chi connectivity index (χ0v) is 8.22. The average Bonchev–Trinajstić information content (AvgIpc) is 2.27. The van der Waals surface area contributed by atoms with Crippen molar-refractivity contribution in [1.29, 1.82) is 0 Å². The number of fused-ring (bicyclic) bond motifs is 1. The Hall–Kier alpha value is -1.96. The van der Waals surface area contributed by atoms with Gasteiger partial charge in [0.25, 0.3) is 0 Å². The number of hydrogen-bond donors (Lipinski definition) is 2. The molecule has 0 saturated carbocycles. The molecule has 2 rings (SSSR count). The van der Waals surface area contributed by atoms with Crippen molar-refractivity contribution in [2.75, 3.05) is 5.43 Å². The lowest BCUT2D eigenvalue weighted by Crippen LogP contribution is -2.16. The first-order valence-corrected chi connectivity index (χ1v) is 4.43. The van der Waals surface area contributed by atoms with Gasteiger partial charge in [0, 0.05) is 5.39 Å². The minimum Gasteiger partial charge on any atom is -0.308 e. The van der Waals surface area contributed by atoms with Crippen LogP contribution in [0.1, 0.15) is 5.82 Å². The molecule has 0 aliphatic carbocycles. The van der Waals surface area contributed by atoms with Crippen molar-refractivity contribution in [3.63, 3.8) is 0 Å². The summed E-state index contributed by atoms with van der Waals surface area (Å²) in [7, 11) is 0. The molecule has 8 heteroatoms. The van der Waals surface area contributed by atoms with Gasteiger partial charge in [0.2, 0.25) is 5.82 Å². The predicted molar refractivity (Wildman–Crippen MR) is 52.3 cm³/mol. The van der Waals surface area contributed by atoms with Crippen LogP contribution in [0.5, 0.6) is 0 Å². The van der Waals surface area contributed by atoms with Gasteiger partial charge in [-0.2, -0.15) is 13.2 Å². The molecule has 0 amide bonds. The first-order valence-electron chi connectivity index (χ1n) is 4.43. The molecule has 2 aromatic rings. The van der Waals surface area contributed by atoms with E-state index in [9.17, 15) is 17.6 Å². The predicted octanol–water partition coefficient (Wildman–Crippen LogP) is 2.07. The van der Waals surface area contributed by atoms with Crippen LogP contribution in [0.4, 0.5) is 23.4 Å². The fourth-order valence-corrected chi connectivity index (χ4v) is 1.35. The van der Waals surface area contributed by atoms with Crippen molar-refractivity contribution in [2.45, 2.75) is 6.18 Å². The monoisotopic (exact) mass is 246 g/mol. The third kappa shape index (κ3) is 1.98.